The zero-order valence-electron chi connectivity index (χ0n) is 15.5. The predicted molar refractivity (Wildman–Crippen MR) is 103 cm³/mol. The maximum absolute atomic E-state index is 11.5. The third-order valence-electron chi connectivity index (χ3n) is 4.72. The van der Waals surface area contributed by atoms with Gasteiger partial charge in [0, 0.05) is 49.8 Å². The normalized spacial score (nSPS) is 20.3. The molecule has 2 aliphatic rings. The van der Waals surface area contributed by atoms with Gasteiger partial charge in [0.05, 0.1) is 18.4 Å². The molecule has 0 bridgehead atoms. The Morgan fingerprint density at radius 2 is 2.27 bits per heavy atom. The van der Waals surface area contributed by atoms with E-state index in [-0.39, 0.29) is 12.0 Å². The highest BCUT2D eigenvalue weighted by atomic mass is 16.5. The van der Waals surface area contributed by atoms with E-state index in [9.17, 15) is 4.79 Å². The Morgan fingerprint density at radius 1 is 1.46 bits per heavy atom. The van der Waals surface area contributed by atoms with E-state index in [1.54, 1.807) is 6.92 Å². The van der Waals surface area contributed by atoms with Gasteiger partial charge in [-0.15, -0.1) is 0 Å². The summed E-state index contributed by atoms with van der Waals surface area (Å²) in [5.74, 6) is 7.21. The molecular formula is C21H27N3O2. The molecule has 0 radical (unpaired) electrons. The summed E-state index contributed by atoms with van der Waals surface area (Å²) in [6.07, 6.45) is 4.27. The van der Waals surface area contributed by atoms with Crippen LogP contribution >= 0.6 is 0 Å². The number of ether oxygens (including phenoxy) is 1. The van der Waals surface area contributed by atoms with Crippen molar-refractivity contribution in [2.24, 2.45) is 11.7 Å². The van der Waals surface area contributed by atoms with E-state index < -0.39 is 0 Å². The fraction of sp³-hybridized carbons (Fsp3) is 0.476. The average Bonchev–Trinajstić information content (AvgIpc) is 3.44. The van der Waals surface area contributed by atoms with Gasteiger partial charge in [-0.05, 0) is 37.5 Å². The minimum atomic E-state index is -0.0159. The summed E-state index contributed by atoms with van der Waals surface area (Å²) >= 11 is 0. The summed E-state index contributed by atoms with van der Waals surface area (Å²) in [7, 11) is 0. The fourth-order valence-electron chi connectivity index (χ4n) is 2.99. The molecule has 2 fully saturated rings. The van der Waals surface area contributed by atoms with Crippen LogP contribution in [0.5, 0.6) is 0 Å². The van der Waals surface area contributed by atoms with Crippen LogP contribution < -0.4 is 11.1 Å². The molecule has 1 aliphatic carbocycles. The highest BCUT2D eigenvalue weighted by molar-refractivity contribution is 5.73. The number of carbonyl (C=O) groups is 1. The molecule has 1 amide bonds. The quantitative estimate of drug-likeness (QED) is 0.811. The molecule has 1 atom stereocenters. The van der Waals surface area contributed by atoms with Crippen molar-refractivity contribution >= 4 is 11.6 Å². The monoisotopic (exact) mass is 353 g/mol. The van der Waals surface area contributed by atoms with Gasteiger partial charge < -0.3 is 20.7 Å². The van der Waals surface area contributed by atoms with Gasteiger partial charge >= 0.3 is 0 Å². The molecule has 3 N–H and O–H groups in total. The molecule has 1 unspecified atom stereocenters. The number of nitrogens with zero attached hydrogens (tertiary/aromatic N) is 1. The van der Waals surface area contributed by atoms with Crippen LogP contribution in [0.1, 0.15) is 36.5 Å². The van der Waals surface area contributed by atoms with E-state index >= 15 is 0 Å². The molecule has 1 aliphatic heterocycles. The Balaban J connectivity index is 1.55. The summed E-state index contributed by atoms with van der Waals surface area (Å²) in [6, 6.07) is 6.13. The molecule has 138 valence electrons. The first-order chi connectivity index (χ1) is 12.5. The Morgan fingerprint density at radius 3 is 2.96 bits per heavy atom. The van der Waals surface area contributed by atoms with Gasteiger partial charge in [0.15, 0.2) is 0 Å². The van der Waals surface area contributed by atoms with Crippen molar-refractivity contribution in [2.45, 2.75) is 32.8 Å². The number of hydrogen-bond acceptors (Lipinski definition) is 4. The zero-order chi connectivity index (χ0) is 18.5. The van der Waals surface area contributed by atoms with Gasteiger partial charge in [0.2, 0.25) is 5.91 Å². The molecule has 1 saturated carbocycles. The first-order valence-corrected chi connectivity index (χ1v) is 9.21. The Hall–Kier alpha value is -2.45. The number of benzene rings is 1. The molecule has 3 rings (SSSR count). The summed E-state index contributed by atoms with van der Waals surface area (Å²) in [4.78, 5) is 13.3. The van der Waals surface area contributed by atoms with Gasteiger partial charge in [0.1, 0.15) is 0 Å². The lowest BCUT2D eigenvalue weighted by Crippen LogP contribution is -2.47. The van der Waals surface area contributed by atoms with Gasteiger partial charge in [-0.25, -0.2) is 0 Å². The number of carbonyl (C=O) groups excluding carboxylic acids is 1. The Labute approximate surface area is 155 Å². The van der Waals surface area contributed by atoms with Crippen molar-refractivity contribution in [1.82, 2.24) is 10.2 Å². The maximum atomic E-state index is 11.5. The third-order valence-corrected chi connectivity index (χ3v) is 4.72. The van der Waals surface area contributed by atoms with Gasteiger partial charge in [-0.1, -0.05) is 17.9 Å². The molecule has 1 heterocycles. The zero-order valence-corrected chi connectivity index (χ0v) is 15.5. The molecule has 5 nitrogen and oxygen atoms in total. The van der Waals surface area contributed by atoms with Crippen LogP contribution in [0, 0.1) is 24.7 Å². The van der Waals surface area contributed by atoms with Crippen molar-refractivity contribution in [1.29, 1.82) is 0 Å². The van der Waals surface area contributed by atoms with E-state index in [1.807, 2.05) is 30.2 Å². The van der Waals surface area contributed by atoms with Crippen LogP contribution in [-0.2, 0) is 9.53 Å². The first-order valence-electron chi connectivity index (χ1n) is 9.21. The lowest BCUT2D eigenvalue weighted by molar-refractivity contribution is -0.136. The number of rotatable bonds is 4. The van der Waals surface area contributed by atoms with Crippen molar-refractivity contribution in [3.63, 3.8) is 0 Å². The second-order valence-corrected chi connectivity index (χ2v) is 7.04. The minimum Gasteiger partial charge on any atom is -0.397 e. The van der Waals surface area contributed by atoms with Gasteiger partial charge in [0.25, 0.3) is 0 Å². The second kappa shape index (κ2) is 8.29. The fourth-order valence-corrected chi connectivity index (χ4v) is 2.99. The molecule has 1 aromatic rings. The number of nitrogens with two attached hydrogens (primary N) is 1. The predicted octanol–water partition coefficient (Wildman–Crippen LogP) is 1.85. The smallest absolute Gasteiger partial charge is 0.219 e. The van der Waals surface area contributed by atoms with Crippen LogP contribution in [0.4, 0.5) is 0 Å². The van der Waals surface area contributed by atoms with Crippen LogP contribution in [0.3, 0.4) is 0 Å². The number of hydrogen-bond donors (Lipinski definition) is 2. The summed E-state index contributed by atoms with van der Waals surface area (Å²) in [6.45, 7) is 6.12. The van der Waals surface area contributed by atoms with Crippen LogP contribution in [0.25, 0.3) is 5.70 Å². The molecule has 1 saturated heterocycles. The SMILES string of the molecule is CC(=O)N1CCOC(CN/C=C(\N)c2ccc(C#CC3CC3)cc2C)C1. The average molecular weight is 353 g/mol. The number of morpholine rings is 1. The highest BCUT2D eigenvalue weighted by Gasteiger charge is 2.21. The van der Waals surface area contributed by atoms with Crippen molar-refractivity contribution in [2.75, 3.05) is 26.2 Å². The molecule has 5 heteroatoms. The molecular weight excluding hydrogens is 326 g/mol. The topological polar surface area (TPSA) is 67.6 Å². The molecule has 1 aromatic carbocycles. The maximum Gasteiger partial charge on any atom is 0.219 e. The lowest BCUT2D eigenvalue weighted by Gasteiger charge is -2.32. The van der Waals surface area contributed by atoms with Gasteiger partial charge in [-0.3, -0.25) is 4.79 Å². The van der Waals surface area contributed by atoms with E-state index in [0.717, 1.165) is 16.7 Å². The minimum absolute atomic E-state index is 0.0159. The van der Waals surface area contributed by atoms with Crippen LogP contribution in [0.15, 0.2) is 24.4 Å². The lowest BCUT2D eigenvalue weighted by atomic mass is 10.0. The summed E-state index contributed by atoms with van der Waals surface area (Å²) < 4.78 is 5.69. The summed E-state index contributed by atoms with van der Waals surface area (Å²) in [5, 5.41) is 3.23. The van der Waals surface area contributed by atoms with Gasteiger partial charge in [-0.2, -0.15) is 0 Å². The Kier molecular flexibility index (Phi) is 5.85. The second-order valence-electron chi connectivity index (χ2n) is 7.04. The summed E-state index contributed by atoms with van der Waals surface area (Å²) in [5.41, 5.74) is 10.1. The molecule has 0 aromatic heterocycles. The first kappa shape index (κ1) is 18.3. The van der Waals surface area contributed by atoms with E-state index in [2.05, 4.69) is 23.2 Å². The molecule has 0 spiro atoms. The van der Waals surface area contributed by atoms with E-state index in [4.69, 9.17) is 10.5 Å². The van der Waals surface area contributed by atoms with Crippen LogP contribution in [0.2, 0.25) is 0 Å². The van der Waals surface area contributed by atoms with Crippen molar-refractivity contribution < 1.29 is 9.53 Å². The van der Waals surface area contributed by atoms with Crippen LogP contribution in [-0.4, -0.2) is 43.2 Å². The highest BCUT2D eigenvalue weighted by Crippen LogP contribution is 2.27. The third kappa shape index (κ3) is 5.03. The number of aryl methyl sites for hydroxylation is 1. The van der Waals surface area contributed by atoms with Crippen molar-refractivity contribution in [3.8, 4) is 11.8 Å². The van der Waals surface area contributed by atoms with Crippen molar-refractivity contribution in [3.05, 3.63) is 41.1 Å². The number of amides is 1. The Bertz CT molecular complexity index is 756. The molecule has 26 heavy (non-hydrogen) atoms. The van der Waals surface area contributed by atoms with E-state index in [1.165, 1.54) is 12.8 Å². The standard InChI is InChI=1S/C21H27N3O2/c1-15-11-18(6-5-17-3-4-17)7-8-20(15)21(22)13-23-12-19-14-24(16(2)25)9-10-26-19/h7-8,11,13,17,19,23H,3-4,9-10,12,14,22H2,1-2H3/b21-13-. The van der Waals surface area contributed by atoms with E-state index in [0.29, 0.717) is 37.9 Å². The number of nitrogens with one attached hydrogen (secondary N) is 1. The largest absolute Gasteiger partial charge is 0.397 e.